The fourth-order valence-electron chi connectivity index (χ4n) is 1.56. The van der Waals surface area contributed by atoms with Crippen molar-refractivity contribution in [2.75, 3.05) is 25.7 Å². The number of halogens is 1. The van der Waals surface area contributed by atoms with Crippen molar-refractivity contribution in [1.82, 2.24) is 5.32 Å². The standard InChI is InChI=1S/C11H20ClNO3/c1-10(2,7-12)9(15)13-11(8-14)3-5-16-6-4-11/h14H,3-8H2,1-2H3,(H,13,15). The maximum absolute atomic E-state index is 12.0. The van der Waals surface area contributed by atoms with Gasteiger partial charge in [-0.1, -0.05) is 0 Å². The van der Waals surface area contributed by atoms with Crippen LogP contribution in [-0.4, -0.2) is 42.3 Å². The first kappa shape index (κ1) is 13.7. The number of nitrogens with one attached hydrogen (secondary N) is 1. The van der Waals surface area contributed by atoms with Gasteiger partial charge in [0.05, 0.1) is 17.6 Å². The summed E-state index contributed by atoms with van der Waals surface area (Å²) < 4.78 is 5.23. The topological polar surface area (TPSA) is 58.6 Å². The summed E-state index contributed by atoms with van der Waals surface area (Å²) in [6.45, 7) is 4.67. The summed E-state index contributed by atoms with van der Waals surface area (Å²) in [6, 6.07) is 0. The Labute approximate surface area is 101 Å². The van der Waals surface area contributed by atoms with Crippen LogP contribution in [0.2, 0.25) is 0 Å². The van der Waals surface area contributed by atoms with Gasteiger partial charge in [0.1, 0.15) is 0 Å². The molecule has 2 N–H and O–H groups in total. The minimum Gasteiger partial charge on any atom is -0.394 e. The first-order valence-electron chi connectivity index (χ1n) is 5.53. The Kier molecular flexibility index (Phi) is 4.59. The zero-order valence-electron chi connectivity index (χ0n) is 9.88. The molecule has 0 unspecified atom stereocenters. The van der Waals surface area contributed by atoms with Crippen LogP contribution in [0.5, 0.6) is 0 Å². The van der Waals surface area contributed by atoms with Crippen molar-refractivity contribution in [3.63, 3.8) is 0 Å². The minimum absolute atomic E-state index is 0.0551. The summed E-state index contributed by atoms with van der Waals surface area (Å²) in [5, 5.41) is 12.3. The van der Waals surface area contributed by atoms with Gasteiger partial charge in [0, 0.05) is 19.1 Å². The third-order valence-electron chi connectivity index (χ3n) is 3.08. The Morgan fingerprint density at radius 3 is 2.50 bits per heavy atom. The summed E-state index contributed by atoms with van der Waals surface area (Å²) >= 11 is 5.75. The Morgan fingerprint density at radius 1 is 1.50 bits per heavy atom. The molecule has 0 radical (unpaired) electrons. The van der Waals surface area contributed by atoms with Gasteiger partial charge in [-0.3, -0.25) is 4.79 Å². The maximum Gasteiger partial charge on any atom is 0.227 e. The Bertz CT molecular complexity index is 250. The summed E-state index contributed by atoms with van der Waals surface area (Å²) in [5.41, 5.74) is -1.14. The number of alkyl halides is 1. The molecule has 0 aromatic heterocycles. The molecule has 1 aliphatic heterocycles. The van der Waals surface area contributed by atoms with Gasteiger partial charge in [0.25, 0.3) is 0 Å². The monoisotopic (exact) mass is 249 g/mol. The highest BCUT2D eigenvalue weighted by molar-refractivity contribution is 6.19. The van der Waals surface area contributed by atoms with Gasteiger partial charge in [-0.2, -0.15) is 0 Å². The molecule has 0 aliphatic carbocycles. The van der Waals surface area contributed by atoms with Crippen LogP contribution in [0.3, 0.4) is 0 Å². The number of amides is 1. The molecule has 0 bridgehead atoms. The molecular formula is C11H20ClNO3. The van der Waals surface area contributed by atoms with Gasteiger partial charge >= 0.3 is 0 Å². The van der Waals surface area contributed by atoms with E-state index in [-0.39, 0.29) is 18.4 Å². The fraction of sp³-hybridized carbons (Fsp3) is 0.909. The molecule has 0 aromatic carbocycles. The molecule has 1 saturated heterocycles. The third kappa shape index (κ3) is 3.09. The summed E-state index contributed by atoms with van der Waals surface area (Å²) in [6.07, 6.45) is 1.29. The van der Waals surface area contributed by atoms with Gasteiger partial charge in [-0.05, 0) is 26.7 Å². The molecule has 0 spiro atoms. The van der Waals surface area contributed by atoms with Crippen molar-refractivity contribution in [3.05, 3.63) is 0 Å². The quantitative estimate of drug-likeness (QED) is 0.729. The lowest BCUT2D eigenvalue weighted by Gasteiger charge is -2.38. The average Bonchev–Trinajstić information content (AvgIpc) is 2.30. The molecule has 0 atom stereocenters. The van der Waals surface area contributed by atoms with E-state index in [1.54, 1.807) is 13.8 Å². The van der Waals surface area contributed by atoms with Crippen LogP contribution in [-0.2, 0) is 9.53 Å². The van der Waals surface area contributed by atoms with Crippen LogP contribution in [0, 0.1) is 5.41 Å². The lowest BCUT2D eigenvalue weighted by atomic mass is 9.87. The average molecular weight is 250 g/mol. The fourth-order valence-corrected chi connectivity index (χ4v) is 1.68. The second-order valence-electron chi connectivity index (χ2n) is 5.02. The highest BCUT2D eigenvalue weighted by Gasteiger charge is 2.37. The van der Waals surface area contributed by atoms with Crippen LogP contribution >= 0.6 is 11.6 Å². The van der Waals surface area contributed by atoms with E-state index in [9.17, 15) is 9.90 Å². The van der Waals surface area contributed by atoms with Crippen molar-refractivity contribution in [1.29, 1.82) is 0 Å². The Hall–Kier alpha value is -0.320. The van der Waals surface area contributed by atoms with Crippen LogP contribution in [0.25, 0.3) is 0 Å². The third-order valence-corrected chi connectivity index (χ3v) is 3.75. The predicted octanol–water partition coefficient (Wildman–Crippen LogP) is 0.909. The van der Waals surface area contributed by atoms with Crippen molar-refractivity contribution in [2.24, 2.45) is 5.41 Å². The zero-order valence-corrected chi connectivity index (χ0v) is 10.6. The molecule has 4 nitrogen and oxygen atoms in total. The summed E-state index contributed by atoms with van der Waals surface area (Å²) in [7, 11) is 0. The highest BCUT2D eigenvalue weighted by Crippen LogP contribution is 2.24. The number of aliphatic hydroxyl groups excluding tert-OH is 1. The Morgan fingerprint density at radius 2 is 2.06 bits per heavy atom. The van der Waals surface area contributed by atoms with Gasteiger partial charge in [-0.15, -0.1) is 11.6 Å². The lowest BCUT2D eigenvalue weighted by Crippen LogP contribution is -2.57. The number of carbonyl (C=O) groups is 1. The lowest BCUT2D eigenvalue weighted by molar-refractivity contribution is -0.132. The van der Waals surface area contributed by atoms with Gasteiger partial charge in [-0.25, -0.2) is 0 Å². The van der Waals surface area contributed by atoms with E-state index in [0.717, 1.165) is 0 Å². The number of carbonyl (C=O) groups excluding carboxylic acids is 1. The van der Waals surface area contributed by atoms with E-state index in [0.29, 0.717) is 26.1 Å². The second-order valence-corrected chi connectivity index (χ2v) is 5.29. The van der Waals surface area contributed by atoms with Crippen molar-refractivity contribution in [3.8, 4) is 0 Å². The summed E-state index contributed by atoms with van der Waals surface area (Å²) in [4.78, 5) is 12.0. The second kappa shape index (κ2) is 5.34. The molecule has 5 heteroatoms. The minimum atomic E-state index is -0.609. The van der Waals surface area contributed by atoms with Gasteiger partial charge in [0.15, 0.2) is 0 Å². The van der Waals surface area contributed by atoms with E-state index < -0.39 is 11.0 Å². The molecule has 94 valence electrons. The van der Waals surface area contributed by atoms with Crippen LogP contribution in [0.15, 0.2) is 0 Å². The zero-order chi connectivity index (χ0) is 12.2. The van der Waals surface area contributed by atoms with Crippen LogP contribution in [0.1, 0.15) is 26.7 Å². The molecule has 1 heterocycles. The number of ether oxygens (including phenoxy) is 1. The van der Waals surface area contributed by atoms with E-state index in [2.05, 4.69) is 5.32 Å². The molecule has 0 saturated carbocycles. The summed E-state index contributed by atoms with van der Waals surface area (Å²) in [5.74, 6) is 0.148. The number of hydrogen-bond donors (Lipinski definition) is 2. The predicted molar refractivity (Wildman–Crippen MR) is 62.5 cm³/mol. The maximum atomic E-state index is 12.0. The first-order valence-corrected chi connectivity index (χ1v) is 6.06. The Balaban J connectivity index is 2.66. The van der Waals surface area contributed by atoms with Gasteiger partial charge in [0.2, 0.25) is 5.91 Å². The molecular weight excluding hydrogens is 230 g/mol. The number of aliphatic hydroxyl groups is 1. The van der Waals surface area contributed by atoms with E-state index in [4.69, 9.17) is 16.3 Å². The van der Waals surface area contributed by atoms with Crippen LogP contribution < -0.4 is 5.32 Å². The first-order chi connectivity index (χ1) is 7.46. The molecule has 16 heavy (non-hydrogen) atoms. The normalized spacial score (nSPS) is 20.5. The highest BCUT2D eigenvalue weighted by atomic mass is 35.5. The van der Waals surface area contributed by atoms with Crippen molar-refractivity contribution < 1.29 is 14.6 Å². The molecule has 1 fully saturated rings. The molecule has 0 aromatic rings. The van der Waals surface area contributed by atoms with Crippen LogP contribution in [0.4, 0.5) is 0 Å². The van der Waals surface area contributed by atoms with Gasteiger partial charge < -0.3 is 15.2 Å². The number of hydrogen-bond acceptors (Lipinski definition) is 3. The van der Waals surface area contributed by atoms with E-state index >= 15 is 0 Å². The van der Waals surface area contributed by atoms with Crippen molar-refractivity contribution >= 4 is 17.5 Å². The molecule has 1 rings (SSSR count). The SMILES string of the molecule is CC(C)(CCl)C(=O)NC1(CO)CCOCC1. The smallest absolute Gasteiger partial charge is 0.227 e. The van der Waals surface area contributed by atoms with E-state index in [1.165, 1.54) is 0 Å². The molecule has 1 amide bonds. The van der Waals surface area contributed by atoms with E-state index in [1.807, 2.05) is 0 Å². The number of rotatable bonds is 4. The largest absolute Gasteiger partial charge is 0.394 e. The molecule has 1 aliphatic rings. The van der Waals surface area contributed by atoms with Crippen molar-refractivity contribution in [2.45, 2.75) is 32.2 Å².